The zero-order chi connectivity index (χ0) is 14.5. The average Bonchev–Trinajstić information content (AvgIpc) is 2.48. The van der Waals surface area contributed by atoms with Gasteiger partial charge in [-0.1, -0.05) is 66.2 Å². The van der Waals surface area contributed by atoms with Crippen LogP contribution in [0.1, 0.15) is 20.8 Å². The molecule has 0 aliphatic heterocycles. The second kappa shape index (κ2) is 7.12. The van der Waals surface area contributed by atoms with E-state index in [0.717, 1.165) is 18.4 Å². The molecule has 0 aliphatic carbocycles. The Balaban J connectivity index is 2.34. The molecule has 0 radical (unpaired) electrons. The van der Waals surface area contributed by atoms with Crippen LogP contribution in [0.3, 0.4) is 0 Å². The Morgan fingerprint density at radius 3 is 2.40 bits per heavy atom. The molecule has 0 amide bonds. The number of halogens is 1. The van der Waals surface area contributed by atoms with Gasteiger partial charge in [-0.3, -0.25) is 0 Å². The van der Waals surface area contributed by atoms with Gasteiger partial charge in [-0.2, -0.15) is 0 Å². The number of hydrogen-bond acceptors (Lipinski definition) is 1. The lowest BCUT2D eigenvalue weighted by atomic mass is 9.97. The van der Waals surface area contributed by atoms with Gasteiger partial charge in [-0.15, -0.1) is 0 Å². The first-order valence-electron chi connectivity index (χ1n) is 7.46. The normalized spacial score (nSPS) is 12.8. The fourth-order valence-electron chi connectivity index (χ4n) is 2.60. The number of nitrogens with zero attached hydrogens (tertiary/aromatic N) is 1. The second-order valence-electron chi connectivity index (χ2n) is 5.70. The molecule has 0 saturated heterocycles. The van der Waals surface area contributed by atoms with Crippen LogP contribution in [0.2, 0.25) is 0 Å². The molecule has 2 heteroatoms. The summed E-state index contributed by atoms with van der Waals surface area (Å²) in [5, 5.41) is 3.74. The van der Waals surface area contributed by atoms with Crippen molar-refractivity contribution in [3.8, 4) is 0 Å². The molecule has 2 aromatic rings. The largest absolute Gasteiger partial charge is 0.371 e. The van der Waals surface area contributed by atoms with E-state index in [9.17, 15) is 0 Å². The Morgan fingerprint density at radius 2 is 1.75 bits per heavy atom. The van der Waals surface area contributed by atoms with E-state index in [2.05, 4.69) is 84.1 Å². The number of alkyl halides is 1. The first-order chi connectivity index (χ1) is 9.67. The molecule has 1 nitrogen and oxygen atoms in total. The van der Waals surface area contributed by atoms with Crippen LogP contribution in [0.15, 0.2) is 42.5 Å². The van der Waals surface area contributed by atoms with Crippen LogP contribution in [0.5, 0.6) is 0 Å². The predicted octanol–water partition coefficient (Wildman–Crippen LogP) is 5.33. The van der Waals surface area contributed by atoms with E-state index in [4.69, 9.17) is 0 Å². The summed E-state index contributed by atoms with van der Waals surface area (Å²) in [5.74, 6) is 1.37. The molecular weight excluding hydrogens is 310 g/mol. The molecule has 0 bridgehead atoms. The Morgan fingerprint density at radius 1 is 1.05 bits per heavy atom. The summed E-state index contributed by atoms with van der Waals surface area (Å²) in [6.07, 6.45) is 0. The van der Waals surface area contributed by atoms with Crippen molar-refractivity contribution >= 4 is 32.4 Å². The quantitative estimate of drug-likeness (QED) is 0.645. The van der Waals surface area contributed by atoms with Gasteiger partial charge >= 0.3 is 0 Å². The van der Waals surface area contributed by atoms with Crippen LogP contribution in [-0.2, 0) is 0 Å². The van der Waals surface area contributed by atoms with E-state index < -0.39 is 0 Å². The van der Waals surface area contributed by atoms with E-state index in [1.807, 2.05) is 0 Å². The Bertz CT molecular complexity index is 545. The summed E-state index contributed by atoms with van der Waals surface area (Å²) in [4.78, 5) is 2.51. The summed E-state index contributed by atoms with van der Waals surface area (Å²) in [5.41, 5.74) is 1.36. The number of anilines is 1. The highest BCUT2D eigenvalue weighted by atomic mass is 79.9. The maximum absolute atomic E-state index is 3.67. The van der Waals surface area contributed by atoms with Crippen molar-refractivity contribution in [2.75, 3.05) is 23.3 Å². The Hall–Kier alpha value is -1.02. The van der Waals surface area contributed by atoms with E-state index in [1.165, 1.54) is 16.5 Å². The molecule has 1 unspecified atom stereocenters. The maximum Gasteiger partial charge on any atom is 0.0445 e. The molecule has 2 aromatic carbocycles. The van der Waals surface area contributed by atoms with Crippen molar-refractivity contribution in [1.82, 2.24) is 0 Å². The second-order valence-corrected chi connectivity index (χ2v) is 6.34. The summed E-state index contributed by atoms with van der Waals surface area (Å²) in [7, 11) is 0. The summed E-state index contributed by atoms with van der Waals surface area (Å²) >= 11 is 3.67. The van der Waals surface area contributed by atoms with E-state index in [-0.39, 0.29) is 0 Å². The zero-order valence-corrected chi connectivity index (χ0v) is 14.2. The minimum absolute atomic E-state index is 0.675. The molecule has 0 spiro atoms. The van der Waals surface area contributed by atoms with Crippen LogP contribution >= 0.6 is 15.9 Å². The fourth-order valence-corrected chi connectivity index (χ4v) is 3.56. The molecule has 0 aliphatic rings. The van der Waals surface area contributed by atoms with Crippen LogP contribution in [0, 0.1) is 11.8 Å². The van der Waals surface area contributed by atoms with E-state index >= 15 is 0 Å². The van der Waals surface area contributed by atoms with Gasteiger partial charge in [0.25, 0.3) is 0 Å². The standard InChI is InChI=1S/C18H24BrN/c1-4-20(13-16(12-19)14(2)3)18-11-7-9-15-8-5-6-10-17(15)18/h5-11,14,16H,4,12-13H2,1-3H3. The van der Waals surface area contributed by atoms with Crippen LogP contribution in [0.4, 0.5) is 5.69 Å². The first kappa shape index (κ1) is 15.4. The molecule has 0 aromatic heterocycles. The van der Waals surface area contributed by atoms with Crippen molar-refractivity contribution in [2.24, 2.45) is 11.8 Å². The minimum Gasteiger partial charge on any atom is -0.371 e. The van der Waals surface area contributed by atoms with Gasteiger partial charge in [0.15, 0.2) is 0 Å². The van der Waals surface area contributed by atoms with Gasteiger partial charge in [0, 0.05) is 29.5 Å². The zero-order valence-electron chi connectivity index (χ0n) is 12.6. The predicted molar refractivity (Wildman–Crippen MR) is 94.0 cm³/mol. The Labute approximate surface area is 131 Å². The molecule has 20 heavy (non-hydrogen) atoms. The van der Waals surface area contributed by atoms with E-state index in [1.54, 1.807) is 0 Å². The lowest BCUT2D eigenvalue weighted by molar-refractivity contribution is 0.427. The highest BCUT2D eigenvalue weighted by molar-refractivity contribution is 9.09. The van der Waals surface area contributed by atoms with Crippen LogP contribution in [-0.4, -0.2) is 18.4 Å². The molecule has 0 fully saturated rings. The number of rotatable bonds is 6. The third-order valence-corrected chi connectivity index (χ3v) is 4.92. The molecular formula is C18H24BrN. The van der Waals surface area contributed by atoms with Crippen molar-refractivity contribution in [3.63, 3.8) is 0 Å². The summed E-state index contributed by atoms with van der Waals surface area (Å²) in [6.45, 7) is 9.01. The summed E-state index contributed by atoms with van der Waals surface area (Å²) < 4.78 is 0. The third kappa shape index (κ3) is 3.35. The van der Waals surface area contributed by atoms with Gasteiger partial charge in [-0.25, -0.2) is 0 Å². The van der Waals surface area contributed by atoms with Gasteiger partial charge in [0.05, 0.1) is 0 Å². The lowest BCUT2D eigenvalue weighted by Gasteiger charge is -2.30. The molecule has 2 rings (SSSR count). The van der Waals surface area contributed by atoms with Gasteiger partial charge in [0.1, 0.15) is 0 Å². The lowest BCUT2D eigenvalue weighted by Crippen LogP contribution is -2.32. The molecule has 0 heterocycles. The fraction of sp³-hybridized carbons (Fsp3) is 0.444. The SMILES string of the molecule is CCN(CC(CBr)C(C)C)c1cccc2ccccc12. The monoisotopic (exact) mass is 333 g/mol. The van der Waals surface area contributed by atoms with Crippen molar-refractivity contribution in [3.05, 3.63) is 42.5 Å². The summed E-state index contributed by atoms with van der Waals surface area (Å²) in [6, 6.07) is 15.3. The maximum atomic E-state index is 3.67. The third-order valence-electron chi connectivity index (χ3n) is 4.08. The molecule has 108 valence electrons. The first-order valence-corrected chi connectivity index (χ1v) is 8.58. The van der Waals surface area contributed by atoms with Crippen molar-refractivity contribution < 1.29 is 0 Å². The van der Waals surface area contributed by atoms with Gasteiger partial charge in [-0.05, 0) is 30.2 Å². The van der Waals surface area contributed by atoms with Crippen molar-refractivity contribution in [2.45, 2.75) is 20.8 Å². The van der Waals surface area contributed by atoms with Crippen molar-refractivity contribution in [1.29, 1.82) is 0 Å². The number of fused-ring (bicyclic) bond motifs is 1. The highest BCUT2D eigenvalue weighted by Crippen LogP contribution is 2.28. The Kier molecular flexibility index (Phi) is 5.47. The van der Waals surface area contributed by atoms with Gasteiger partial charge < -0.3 is 4.90 Å². The smallest absolute Gasteiger partial charge is 0.0445 e. The van der Waals surface area contributed by atoms with Crippen LogP contribution in [0.25, 0.3) is 10.8 Å². The minimum atomic E-state index is 0.675. The van der Waals surface area contributed by atoms with Crippen LogP contribution < -0.4 is 4.90 Å². The average molecular weight is 334 g/mol. The number of benzene rings is 2. The van der Waals surface area contributed by atoms with E-state index in [0.29, 0.717) is 11.8 Å². The molecule has 0 N–H and O–H groups in total. The highest BCUT2D eigenvalue weighted by Gasteiger charge is 2.17. The topological polar surface area (TPSA) is 3.24 Å². The number of hydrogen-bond donors (Lipinski definition) is 0. The molecule has 0 saturated carbocycles. The molecule has 1 atom stereocenters. The van der Waals surface area contributed by atoms with Gasteiger partial charge in [0.2, 0.25) is 0 Å².